The van der Waals surface area contributed by atoms with Gasteiger partial charge in [0.1, 0.15) is 11.6 Å². The topological polar surface area (TPSA) is 72.2 Å². The normalized spacial score (nSPS) is 11.1. The van der Waals surface area contributed by atoms with Crippen molar-refractivity contribution in [2.75, 3.05) is 10.5 Å². The third-order valence-corrected chi connectivity index (χ3v) is 3.39. The van der Waals surface area contributed by atoms with Gasteiger partial charge in [0.25, 0.3) is 0 Å². The number of hydrogen-bond donors (Lipinski definition) is 2. The fourth-order valence-electron chi connectivity index (χ4n) is 0.963. The van der Waals surface area contributed by atoms with Crippen molar-refractivity contribution in [3.05, 3.63) is 29.0 Å². The molecule has 0 radical (unpaired) electrons. The van der Waals surface area contributed by atoms with E-state index in [1.54, 1.807) is 0 Å². The number of anilines is 1. The summed E-state index contributed by atoms with van der Waals surface area (Å²) in [5.74, 6) is -1.04. The summed E-state index contributed by atoms with van der Waals surface area (Å²) < 4.78 is 37.7. The van der Waals surface area contributed by atoms with E-state index in [9.17, 15) is 12.8 Å². The Morgan fingerprint density at radius 1 is 1.56 bits per heavy atom. The monoisotopic (exact) mass is 282 g/mol. The van der Waals surface area contributed by atoms with Gasteiger partial charge in [0.05, 0.1) is 15.7 Å². The van der Waals surface area contributed by atoms with Crippen molar-refractivity contribution < 1.29 is 12.8 Å². The van der Waals surface area contributed by atoms with Crippen molar-refractivity contribution in [1.29, 1.82) is 0 Å². The van der Waals surface area contributed by atoms with Gasteiger partial charge >= 0.3 is 0 Å². The average molecular weight is 283 g/mol. The lowest BCUT2D eigenvalue weighted by molar-refractivity contribution is 0.604. The van der Waals surface area contributed by atoms with Crippen molar-refractivity contribution in [2.24, 2.45) is 5.73 Å². The first-order valence-electron chi connectivity index (χ1n) is 4.04. The second-order valence-electron chi connectivity index (χ2n) is 2.95. The number of thiocarbonyl (C=S) groups is 1. The quantitative estimate of drug-likeness (QED) is 0.821. The molecule has 0 fully saturated rings. The van der Waals surface area contributed by atoms with E-state index in [1.165, 1.54) is 6.07 Å². The van der Waals surface area contributed by atoms with Crippen molar-refractivity contribution >= 4 is 44.5 Å². The molecule has 88 valence electrons. The number of hydrogen-bond acceptors (Lipinski definition) is 3. The van der Waals surface area contributed by atoms with Gasteiger partial charge in [-0.15, -0.1) is 0 Å². The minimum absolute atomic E-state index is 0.0356. The van der Waals surface area contributed by atoms with E-state index in [4.69, 9.17) is 17.3 Å². The molecule has 0 saturated carbocycles. The lowest BCUT2D eigenvalue weighted by Gasteiger charge is -2.08. The van der Waals surface area contributed by atoms with Crippen LogP contribution in [-0.2, 0) is 10.0 Å². The minimum Gasteiger partial charge on any atom is -0.392 e. The van der Waals surface area contributed by atoms with E-state index in [-0.39, 0.29) is 15.7 Å². The molecule has 0 aromatic heterocycles. The predicted octanol–water partition coefficient (Wildman–Crippen LogP) is 1.51. The molecule has 1 rings (SSSR count). The van der Waals surface area contributed by atoms with Crippen molar-refractivity contribution in [2.45, 2.75) is 0 Å². The van der Waals surface area contributed by atoms with E-state index in [2.05, 4.69) is 16.9 Å². The van der Waals surface area contributed by atoms with Gasteiger partial charge in [0.15, 0.2) is 0 Å². The van der Waals surface area contributed by atoms with Crippen LogP contribution < -0.4 is 10.5 Å². The summed E-state index contributed by atoms with van der Waals surface area (Å²) in [6.45, 7) is 0. The molecule has 0 aliphatic rings. The summed E-state index contributed by atoms with van der Waals surface area (Å²) in [4.78, 5) is -0.161. The first-order chi connectivity index (χ1) is 7.30. The van der Waals surface area contributed by atoms with E-state index >= 15 is 0 Å². The number of benzene rings is 1. The molecule has 0 saturated heterocycles. The van der Waals surface area contributed by atoms with Gasteiger partial charge in [-0.2, -0.15) is 0 Å². The molecule has 0 unspecified atom stereocenters. The molecule has 0 heterocycles. The predicted molar refractivity (Wildman–Crippen MR) is 65.6 cm³/mol. The van der Waals surface area contributed by atoms with Gasteiger partial charge in [-0.05, 0) is 18.2 Å². The number of rotatable bonds is 4. The second-order valence-corrected chi connectivity index (χ2v) is 5.61. The minimum atomic E-state index is -3.69. The molecule has 1 aromatic rings. The maximum absolute atomic E-state index is 12.7. The highest BCUT2D eigenvalue weighted by Gasteiger charge is 2.13. The van der Waals surface area contributed by atoms with Crippen LogP contribution in [-0.4, -0.2) is 19.2 Å². The third-order valence-electron chi connectivity index (χ3n) is 1.53. The van der Waals surface area contributed by atoms with E-state index in [0.29, 0.717) is 0 Å². The fraction of sp³-hybridized carbons (Fsp3) is 0.125. The van der Waals surface area contributed by atoms with Crippen molar-refractivity contribution in [3.8, 4) is 0 Å². The zero-order valence-electron chi connectivity index (χ0n) is 7.91. The van der Waals surface area contributed by atoms with Crippen LogP contribution in [0.1, 0.15) is 0 Å². The molecule has 4 nitrogen and oxygen atoms in total. The Morgan fingerprint density at radius 3 is 2.69 bits per heavy atom. The summed E-state index contributed by atoms with van der Waals surface area (Å²) in [7, 11) is -3.69. The molecule has 0 bridgehead atoms. The summed E-state index contributed by atoms with van der Waals surface area (Å²) in [6, 6.07) is 3.31. The molecule has 16 heavy (non-hydrogen) atoms. The molecule has 8 heteroatoms. The highest BCUT2D eigenvalue weighted by molar-refractivity contribution is 7.95. The Bertz CT molecular complexity index is 519. The standard InChI is InChI=1S/C8H8ClFN2O2S2/c9-6-3-5(10)1-2-7(6)12-16(13,14)4-8(11)15/h1-3,12H,4H2,(H2,11,15). The first kappa shape index (κ1) is 13.1. The zero-order chi connectivity index (χ0) is 12.3. The molecular weight excluding hydrogens is 275 g/mol. The van der Waals surface area contributed by atoms with Gasteiger partial charge in [-0.25, -0.2) is 12.8 Å². The maximum atomic E-state index is 12.7. The first-order valence-corrected chi connectivity index (χ1v) is 6.48. The molecule has 0 aliphatic heterocycles. The third kappa shape index (κ3) is 3.92. The summed E-state index contributed by atoms with van der Waals surface area (Å²) in [5, 5.41) is -0.0356. The van der Waals surface area contributed by atoms with Crippen LogP contribution >= 0.6 is 23.8 Å². The van der Waals surface area contributed by atoms with E-state index in [0.717, 1.165) is 12.1 Å². The van der Waals surface area contributed by atoms with Crippen LogP contribution in [0, 0.1) is 5.82 Å². The number of sulfonamides is 1. The van der Waals surface area contributed by atoms with Crippen LogP contribution in [0.2, 0.25) is 5.02 Å². The van der Waals surface area contributed by atoms with Gasteiger partial charge in [-0.1, -0.05) is 23.8 Å². The molecule has 3 N–H and O–H groups in total. The molecule has 0 aliphatic carbocycles. The largest absolute Gasteiger partial charge is 0.392 e. The number of nitrogens with one attached hydrogen (secondary N) is 1. The Morgan fingerprint density at radius 2 is 2.19 bits per heavy atom. The van der Waals surface area contributed by atoms with Gasteiger partial charge in [-0.3, -0.25) is 4.72 Å². The average Bonchev–Trinajstić information content (AvgIpc) is 2.07. The summed E-state index contributed by atoms with van der Waals surface area (Å²) >= 11 is 10.1. The Balaban J connectivity index is 2.92. The molecule has 1 aromatic carbocycles. The van der Waals surface area contributed by atoms with Crippen LogP contribution in [0.5, 0.6) is 0 Å². The smallest absolute Gasteiger partial charge is 0.239 e. The molecule has 0 amide bonds. The van der Waals surface area contributed by atoms with Crippen LogP contribution in [0.25, 0.3) is 0 Å². The van der Waals surface area contributed by atoms with E-state index < -0.39 is 21.6 Å². The number of nitrogens with two attached hydrogens (primary N) is 1. The van der Waals surface area contributed by atoms with Crippen molar-refractivity contribution in [1.82, 2.24) is 0 Å². The summed E-state index contributed by atoms with van der Waals surface area (Å²) in [5.41, 5.74) is 5.20. The van der Waals surface area contributed by atoms with Crippen LogP contribution in [0.4, 0.5) is 10.1 Å². The Hall–Kier alpha value is -0.920. The molecule has 0 spiro atoms. The van der Waals surface area contributed by atoms with Crippen molar-refractivity contribution in [3.63, 3.8) is 0 Å². The van der Waals surface area contributed by atoms with Gasteiger partial charge in [0.2, 0.25) is 10.0 Å². The highest BCUT2D eigenvalue weighted by Crippen LogP contribution is 2.23. The zero-order valence-corrected chi connectivity index (χ0v) is 10.3. The molecular formula is C8H8ClFN2O2S2. The summed E-state index contributed by atoms with van der Waals surface area (Å²) in [6.07, 6.45) is 0. The van der Waals surface area contributed by atoms with Crippen LogP contribution in [0.3, 0.4) is 0 Å². The fourth-order valence-corrected chi connectivity index (χ4v) is 2.66. The lowest BCUT2D eigenvalue weighted by Crippen LogP contribution is -2.26. The second kappa shape index (κ2) is 4.94. The molecule has 0 atom stereocenters. The SMILES string of the molecule is NC(=S)CS(=O)(=O)Nc1ccc(F)cc1Cl. The van der Waals surface area contributed by atoms with Gasteiger partial charge < -0.3 is 5.73 Å². The van der Waals surface area contributed by atoms with Gasteiger partial charge in [0, 0.05) is 0 Å². The Labute approximate surface area is 103 Å². The number of halogens is 2. The highest BCUT2D eigenvalue weighted by atomic mass is 35.5. The van der Waals surface area contributed by atoms with Crippen LogP contribution in [0.15, 0.2) is 18.2 Å². The lowest BCUT2D eigenvalue weighted by atomic mass is 10.3. The Kier molecular flexibility index (Phi) is 4.06. The van der Waals surface area contributed by atoms with E-state index in [1.807, 2.05) is 0 Å². The maximum Gasteiger partial charge on any atom is 0.239 e.